The summed E-state index contributed by atoms with van der Waals surface area (Å²) in [6, 6.07) is 5.40. The number of rotatable bonds is 5. The summed E-state index contributed by atoms with van der Waals surface area (Å²) in [6.45, 7) is 2.58. The fourth-order valence-electron chi connectivity index (χ4n) is 3.14. The summed E-state index contributed by atoms with van der Waals surface area (Å²) >= 11 is 0. The zero-order valence-electron chi connectivity index (χ0n) is 13.8. The minimum absolute atomic E-state index is 0.00804. The molecule has 0 saturated carbocycles. The van der Waals surface area contributed by atoms with Gasteiger partial charge in [0.25, 0.3) is 0 Å². The first-order valence-corrected chi connectivity index (χ1v) is 8.30. The Morgan fingerprint density at radius 2 is 2.28 bits per heavy atom. The van der Waals surface area contributed by atoms with E-state index in [0.717, 1.165) is 30.8 Å². The van der Waals surface area contributed by atoms with Crippen molar-refractivity contribution in [3.05, 3.63) is 41.8 Å². The van der Waals surface area contributed by atoms with Gasteiger partial charge in [-0.15, -0.1) is 0 Å². The molecule has 8 heteroatoms. The van der Waals surface area contributed by atoms with Crippen molar-refractivity contribution in [1.82, 2.24) is 20.2 Å². The zero-order valence-corrected chi connectivity index (χ0v) is 13.8. The van der Waals surface area contributed by atoms with Gasteiger partial charge in [-0.3, -0.25) is 4.79 Å². The van der Waals surface area contributed by atoms with Crippen LogP contribution in [0.15, 0.2) is 37.9 Å². The van der Waals surface area contributed by atoms with Crippen LogP contribution < -0.4 is 0 Å². The average Bonchev–Trinajstić information content (AvgIpc) is 3.38. The van der Waals surface area contributed by atoms with Gasteiger partial charge in [0.15, 0.2) is 5.76 Å². The Kier molecular flexibility index (Phi) is 4.09. The molecule has 1 saturated heterocycles. The predicted molar refractivity (Wildman–Crippen MR) is 85.2 cm³/mol. The molecule has 4 heterocycles. The Bertz CT molecular complexity index is 852. The number of carbonyl (C=O) groups is 1. The van der Waals surface area contributed by atoms with Crippen LogP contribution in [-0.4, -0.2) is 32.6 Å². The molecule has 4 rings (SSSR count). The van der Waals surface area contributed by atoms with Crippen LogP contribution in [0.1, 0.15) is 42.6 Å². The second-order valence-corrected chi connectivity index (χ2v) is 6.10. The Morgan fingerprint density at radius 3 is 3.04 bits per heavy atom. The van der Waals surface area contributed by atoms with Gasteiger partial charge in [-0.1, -0.05) is 10.3 Å². The largest absolute Gasteiger partial charge is 0.461 e. The molecule has 1 amide bonds. The van der Waals surface area contributed by atoms with Gasteiger partial charge in [0.2, 0.25) is 17.6 Å². The molecule has 1 unspecified atom stereocenters. The lowest BCUT2D eigenvalue weighted by Gasteiger charge is -2.22. The van der Waals surface area contributed by atoms with Crippen molar-refractivity contribution in [1.29, 1.82) is 0 Å². The normalized spacial score (nSPS) is 17.3. The molecule has 1 fully saturated rings. The minimum Gasteiger partial charge on any atom is -0.461 e. The molecule has 25 heavy (non-hydrogen) atoms. The maximum Gasteiger partial charge on any atom is 0.238 e. The van der Waals surface area contributed by atoms with E-state index in [2.05, 4.69) is 15.3 Å². The highest BCUT2D eigenvalue weighted by atomic mass is 16.5. The highest BCUT2D eigenvalue weighted by Crippen LogP contribution is 2.32. The molecule has 3 aromatic rings. The number of furan rings is 1. The number of hydrogen-bond donors (Lipinski definition) is 0. The van der Waals surface area contributed by atoms with Crippen molar-refractivity contribution >= 4 is 5.91 Å². The van der Waals surface area contributed by atoms with Crippen molar-refractivity contribution in [2.45, 2.75) is 38.6 Å². The molecule has 0 spiro atoms. The van der Waals surface area contributed by atoms with Crippen molar-refractivity contribution in [3.8, 4) is 11.6 Å². The van der Waals surface area contributed by atoms with E-state index in [1.165, 1.54) is 0 Å². The van der Waals surface area contributed by atoms with E-state index in [1.54, 1.807) is 18.4 Å². The van der Waals surface area contributed by atoms with Gasteiger partial charge in [0.1, 0.15) is 11.5 Å². The fraction of sp³-hybridized carbons (Fsp3) is 0.412. The topological polar surface area (TPSA) is 98.4 Å². The van der Waals surface area contributed by atoms with Crippen LogP contribution in [0.5, 0.6) is 0 Å². The van der Waals surface area contributed by atoms with Crippen molar-refractivity contribution in [2.75, 3.05) is 6.54 Å². The van der Waals surface area contributed by atoms with Crippen LogP contribution in [0.25, 0.3) is 11.6 Å². The van der Waals surface area contributed by atoms with Gasteiger partial charge in [-0.25, -0.2) is 0 Å². The van der Waals surface area contributed by atoms with E-state index >= 15 is 0 Å². The Hall–Kier alpha value is -2.90. The van der Waals surface area contributed by atoms with Gasteiger partial charge < -0.3 is 18.4 Å². The summed E-state index contributed by atoms with van der Waals surface area (Å²) in [5.74, 6) is 2.17. The maximum absolute atomic E-state index is 12.6. The number of aryl methyl sites for hydroxylation is 2. The first-order chi connectivity index (χ1) is 12.2. The Balaban J connectivity index is 1.38. The first kappa shape index (κ1) is 15.6. The molecule has 3 aromatic heterocycles. The third-order valence-corrected chi connectivity index (χ3v) is 4.32. The Morgan fingerprint density at radius 1 is 1.36 bits per heavy atom. The molecule has 0 bridgehead atoms. The molecule has 1 aliphatic rings. The summed E-state index contributed by atoms with van der Waals surface area (Å²) in [5, 5.41) is 7.93. The number of hydrogen-bond acceptors (Lipinski definition) is 7. The van der Waals surface area contributed by atoms with Gasteiger partial charge in [-0.05, 0) is 31.9 Å². The summed E-state index contributed by atoms with van der Waals surface area (Å²) in [7, 11) is 0. The van der Waals surface area contributed by atoms with Crippen LogP contribution in [0.2, 0.25) is 0 Å². The van der Waals surface area contributed by atoms with Gasteiger partial charge in [0, 0.05) is 25.5 Å². The van der Waals surface area contributed by atoms with Crippen molar-refractivity contribution in [3.63, 3.8) is 0 Å². The molecule has 0 radical (unpaired) electrons. The second kappa shape index (κ2) is 6.54. The van der Waals surface area contributed by atoms with E-state index in [1.807, 2.05) is 17.9 Å². The van der Waals surface area contributed by atoms with E-state index < -0.39 is 0 Å². The van der Waals surface area contributed by atoms with Crippen LogP contribution in [-0.2, 0) is 11.2 Å². The van der Waals surface area contributed by atoms with Crippen LogP contribution in [0, 0.1) is 6.92 Å². The molecule has 1 aliphatic heterocycles. The summed E-state index contributed by atoms with van der Waals surface area (Å²) in [6.07, 6.45) is 4.13. The minimum atomic E-state index is -0.00804. The molecular formula is C17H18N4O4. The van der Waals surface area contributed by atoms with Crippen LogP contribution in [0.3, 0.4) is 0 Å². The molecule has 0 aromatic carbocycles. The van der Waals surface area contributed by atoms with Crippen molar-refractivity contribution in [2.24, 2.45) is 0 Å². The quantitative estimate of drug-likeness (QED) is 0.703. The van der Waals surface area contributed by atoms with E-state index in [9.17, 15) is 4.79 Å². The lowest BCUT2D eigenvalue weighted by atomic mass is 10.1. The average molecular weight is 342 g/mol. The third-order valence-electron chi connectivity index (χ3n) is 4.32. The first-order valence-electron chi connectivity index (χ1n) is 8.30. The molecule has 130 valence electrons. The van der Waals surface area contributed by atoms with Gasteiger partial charge in [0.05, 0.1) is 12.3 Å². The number of nitrogens with zero attached hydrogens (tertiary/aromatic N) is 4. The highest BCUT2D eigenvalue weighted by Gasteiger charge is 2.32. The SMILES string of the molecule is Cc1cc(C2CCCN2C(=O)CCc2nc(-c3ccco3)no2)no1. The van der Waals surface area contributed by atoms with Gasteiger partial charge in [-0.2, -0.15) is 4.98 Å². The number of amides is 1. The second-order valence-electron chi connectivity index (χ2n) is 6.10. The highest BCUT2D eigenvalue weighted by molar-refractivity contribution is 5.77. The monoisotopic (exact) mass is 342 g/mol. The number of aromatic nitrogens is 3. The molecule has 0 aliphatic carbocycles. The Labute approximate surface area is 143 Å². The number of likely N-dealkylation sites (tertiary alicyclic amines) is 1. The smallest absolute Gasteiger partial charge is 0.238 e. The molecule has 1 atom stereocenters. The lowest BCUT2D eigenvalue weighted by molar-refractivity contribution is -0.132. The molecule has 8 nitrogen and oxygen atoms in total. The lowest BCUT2D eigenvalue weighted by Crippen LogP contribution is -2.30. The van der Waals surface area contributed by atoms with E-state index in [0.29, 0.717) is 30.3 Å². The summed E-state index contributed by atoms with van der Waals surface area (Å²) in [5.41, 5.74) is 0.821. The standard InChI is InChI=1S/C17H18N4O4/c1-11-10-12(19-24-11)13-4-2-8-21(13)16(22)7-6-15-18-17(20-25-15)14-5-3-9-23-14/h3,5,9-10,13H,2,4,6-8H2,1H3. The third kappa shape index (κ3) is 3.19. The number of carbonyl (C=O) groups excluding carboxylic acids is 1. The molecule has 0 N–H and O–H groups in total. The van der Waals surface area contributed by atoms with Gasteiger partial charge >= 0.3 is 0 Å². The van der Waals surface area contributed by atoms with E-state index in [-0.39, 0.29) is 11.9 Å². The predicted octanol–water partition coefficient (Wildman–Crippen LogP) is 2.92. The van der Waals surface area contributed by atoms with Crippen LogP contribution >= 0.6 is 0 Å². The zero-order chi connectivity index (χ0) is 17.2. The van der Waals surface area contributed by atoms with E-state index in [4.69, 9.17) is 13.5 Å². The summed E-state index contributed by atoms with van der Waals surface area (Å²) < 4.78 is 15.6. The fourth-order valence-corrected chi connectivity index (χ4v) is 3.14. The molecular weight excluding hydrogens is 324 g/mol. The maximum atomic E-state index is 12.6. The van der Waals surface area contributed by atoms with Crippen molar-refractivity contribution < 1.29 is 18.3 Å². The van der Waals surface area contributed by atoms with Crippen LogP contribution in [0.4, 0.5) is 0 Å². The summed E-state index contributed by atoms with van der Waals surface area (Å²) in [4.78, 5) is 18.7.